The molecule has 0 spiro atoms. The summed E-state index contributed by atoms with van der Waals surface area (Å²) in [7, 11) is 0. The SMILES string of the molecule is O=C1CC(c2ccccc2)N1c1cccc(Br)c1. The Hall–Kier alpha value is -1.61. The molecular weight excluding hydrogens is 290 g/mol. The molecule has 90 valence electrons. The molecule has 1 amide bonds. The summed E-state index contributed by atoms with van der Waals surface area (Å²) in [5.74, 6) is 0.182. The minimum absolute atomic E-state index is 0.174. The number of nitrogens with zero attached hydrogens (tertiary/aromatic N) is 1. The van der Waals surface area contributed by atoms with Gasteiger partial charge < -0.3 is 4.90 Å². The fraction of sp³-hybridized carbons (Fsp3) is 0.133. The van der Waals surface area contributed by atoms with Crippen molar-refractivity contribution in [2.75, 3.05) is 4.90 Å². The van der Waals surface area contributed by atoms with Crippen LogP contribution < -0.4 is 4.90 Å². The Morgan fingerprint density at radius 3 is 2.50 bits per heavy atom. The van der Waals surface area contributed by atoms with Gasteiger partial charge >= 0.3 is 0 Å². The third kappa shape index (κ3) is 1.95. The lowest BCUT2D eigenvalue weighted by molar-refractivity contribution is -0.124. The molecule has 0 bridgehead atoms. The smallest absolute Gasteiger partial charge is 0.230 e. The largest absolute Gasteiger partial charge is 0.304 e. The molecule has 2 aromatic rings. The van der Waals surface area contributed by atoms with E-state index in [2.05, 4.69) is 28.1 Å². The van der Waals surface area contributed by atoms with Gasteiger partial charge in [0, 0.05) is 10.2 Å². The van der Waals surface area contributed by atoms with Crippen LogP contribution in [0.3, 0.4) is 0 Å². The average Bonchev–Trinajstić information content (AvgIpc) is 2.37. The van der Waals surface area contributed by atoms with Gasteiger partial charge in [0.15, 0.2) is 0 Å². The molecule has 2 aromatic carbocycles. The molecule has 1 saturated heterocycles. The molecular formula is C15H12BrNO. The predicted octanol–water partition coefficient (Wildman–Crippen LogP) is 3.93. The van der Waals surface area contributed by atoms with E-state index in [-0.39, 0.29) is 11.9 Å². The van der Waals surface area contributed by atoms with Crippen LogP contribution >= 0.6 is 15.9 Å². The molecule has 2 nitrogen and oxygen atoms in total. The van der Waals surface area contributed by atoms with Crippen molar-refractivity contribution < 1.29 is 4.79 Å². The first-order valence-electron chi connectivity index (χ1n) is 5.88. The van der Waals surface area contributed by atoms with E-state index in [0.717, 1.165) is 10.2 Å². The second kappa shape index (κ2) is 4.58. The lowest BCUT2D eigenvalue weighted by Gasteiger charge is -2.40. The highest BCUT2D eigenvalue weighted by Gasteiger charge is 2.38. The first-order chi connectivity index (χ1) is 8.75. The van der Waals surface area contributed by atoms with Crippen LogP contribution in [0.25, 0.3) is 0 Å². The van der Waals surface area contributed by atoms with Crippen LogP contribution in [0.2, 0.25) is 0 Å². The fourth-order valence-corrected chi connectivity index (χ4v) is 2.70. The van der Waals surface area contributed by atoms with Gasteiger partial charge in [-0.2, -0.15) is 0 Å². The summed E-state index contributed by atoms with van der Waals surface area (Å²) < 4.78 is 0.992. The molecule has 1 aliphatic rings. The van der Waals surface area contributed by atoms with Crippen LogP contribution in [0.4, 0.5) is 5.69 Å². The number of carbonyl (C=O) groups excluding carboxylic acids is 1. The van der Waals surface area contributed by atoms with Crippen LogP contribution in [-0.4, -0.2) is 5.91 Å². The van der Waals surface area contributed by atoms with Crippen LogP contribution in [0.1, 0.15) is 18.0 Å². The van der Waals surface area contributed by atoms with E-state index in [4.69, 9.17) is 0 Å². The Morgan fingerprint density at radius 2 is 1.83 bits per heavy atom. The Morgan fingerprint density at radius 1 is 1.06 bits per heavy atom. The van der Waals surface area contributed by atoms with E-state index in [0.29, 0.717) is 6.42 Å². The Labute approximate surface area is 114 Å². The van der Waals surface area contributed by atoms with E-state index >= 15 is 0 Å². The fourth-order valence-electron chi connectivity index (χ4n) is 2.31. The molecule has 1 unspecified atom stereocenters. The molecule has 0 aromatic heterocycles. The molecule has 1 heterocycles. The number of benzene rings is 2. The lowest BCUT2D eigenvalue weighted by Crippen LogP contribution is -2.46. The third-order valence-electron chi connectivity index (χ3n) is 3.22. The number of halogens is 1. The molecule has 0 N–H and O–H groups in total. The first kappa shape index (κ1) is 11.5. The quantitative estimate of drug-likeness (QED) is 0.770. The molecule has 3 rings (SSSR count). The summed E-state index contributed by atoms with van der Waals surface area (Å²) in [6.07, 6.45) is 0.594. The zero-order chi connectivity index (χ0) is 12.5. The maximum atomic E-state index is 11.8. The summed E-state index contributed by atoms with van der Waals surface area (Å²) >= 11 is 3.44. The van der Waals surface area contributed by atoms with Crippen molar-refractivity contribution in [3.63, 3.8) is 0 Å². The molecule has 18 heavy (non-hydrogen) atoms. The van der Waals surface area contributed by atoms with E-state index in [1.54, 1.807) is 0 Å². The second-order valence-corrected chi connectivity index (χ2v) is 5.29. The molecule has 1 aliphatic heterocycles. The van der Waals surface area contributed by atoms with Crippen LogP contribution in [0.5, 0.6) is 0 Å². The molecule has 0 aliphatic carbocycles. The first-order valence-corrected chi connectivity index (χ1v) is 6.67. The summed E-state index contributed by atoms with van der Waals surface area (Å²) in [6.45, 7) is 0. The topological polar surface area (TPSA) is 20.3 Å². The van der Waals surface area contributed by atoms with Crippen molar-refractivity contribution in [3.05, 3.63) is 64.6 Å². The number of amides is 1. The molecule has 1 atom stereocenters. The maximum Gasteiger partial charge on any atom is 0.230 e. The standard InChI is InChI=1S/C15H12BrNO/c16-12-7-4-8-13(9-12)17-14(10-15(17)18)11-5-2-1-3-6-11/h1-9,14H,10H2. The summed E-state index contributed by atoms with van der Waals surface area (Å²) in [6, 6.07) is 18.2. The zero-order valence-electron chi connectivity index (χ0n) is 9.71. The van der Waals surface area contributed by atoms with E-state index < -0.39 is 0 Å². The molecule has 0 saturated carbocycles. The van der Waals surface area contributed by atoms with Crippen LogP contribution in [0, 0.1) is 0 Å². The number of β-lactam (4-membered cyclic amide) rings is 1. The number of hydrogen-bond donors (Lipinski definition) is 0. The number of carbonyl (C=O) groups is 1. The summed E-state index contributed by atoms with van der Waals surface area (Å²) in [4.78, 5) is 13.7. The molecule has 3 heteroatoms. The predicted molar refractivity (Wildman–Crippen MR) is 75.4 cm³/mol. The highest BCUT2D eigenvalue weighted by molar-refractivity contribution is 9.10. The highest BCUT2D eigenvalue weighted by atomic mass is 79.9. The zero-order valence-corrected chi connectivity index (χ0v) is 11.3. The molecule has 1 fully saturated rings. The second-order valence-electron chi connectivity index (χ2n) is 4.37. The Balaban J connectivity index is 1.94. The Kier molecular flexibility index (Phi) is 2.92. The van der Waals surface area contributed by atoms with Crippen molar-refractivity contribution >= 4 is 27.5 Å². The molecule has 0 radical (unpaired) electrons. The Bertz CT molecular complexity index is 582. The summed E-state index contributed by atoms with van der Waals surface area (Å²) in [5.41, 5.74) is 2.14. The van der Waals surface area contributed by atoms with E-state index in [9.17, 15) is 4.79 Å². The van der Waals surface area contributed by atoms with Crippen molar-refractivity contribution in [1.29, 1.82) is 0 Å². The van der Waals surface area contributed by atoms with Gasteiger partial charge in [-0.15, -0.1) is 0 Å². The van der Waals surface area contributed by atoms with Gasteiger partial charge in [-0.1, -0.05) is 52.3 Å². The van der Waals surface area contributed by atoms with Crippen molar-refractivity contribution in [3.8, 4) is 0 Å². The minimum atomic E-state index is 0.174. The summed E-state index contributed by atoms with van der Waals surface area (Å²) in [5, 5.41) is 0. The minimum Gasteiger partial charge on any atom is -0.304 e. The van der Waals surface area contributed by atoms with E-state index in [1.165, 1.54) is 5.56 Å². The average molecular weight is 302 g/mol. The van der Waals surface area contributed by atoms with Gasteiger partial charge in [-0.05, 0) is 23.8 Å². The van der Waals surface area contributed by atoms with Gasteiger partial charge in [0.05, 0.1) is 12.5 Å². The van der Waals surface area contributed by atoms with Crippen molar-refractivity contribution in [1.82, 2.24) is 0 Å². The highest BCUT2D eigenvalue weighted by Crippen LogP contribution is 2.39. The van der Waals surface area contributed by atoms with Gasteiger partial charge in [0.2, 0.25) is 5.91 Å². The van der Waals surface area contributed by atoms with Gasteiger partial charge in [-0.25, -0.2) is 0 Å². The third-order valence-corrected chi connectivity index (χ3v) is 3.71. The normalized spacial score (nSPS) is 18.6. The monoisotopic (exact) mass is 301 g/mol. The van der Waals surface area contributed by atoms with Crippen LogP contribution in [-0.2, 0) is 4.79 Å². The van der Waals surface area contributed by atoms with Crippen molar-refractivity contribution in [2.24, 2.45) is 0 Å². The van der Waals surface area contributed by atoms with Gasteiger partial charge in [0.1, 0.15) is 0 Å². The van der Waals surface area contributed by atoms with Gasteiger partial charge in [-0.3, -0.25) is 4.79 Å². The number of anilines is 1. The van der Waals surface area contributed by atoms with Gasteiger partial charge in [0.25, 0.3) is 0 Å². The maximum absolute atomic E-state index is 11.8. The number of hydrogen-bond acceptors (Lipinski definition) is 1. The van der Waals surface area contributed by atoms with Crippen LogP contribution in [0.15, 0.2) is 59.1 Å². The number of rotatable bonds is 2. The lowest BCUT2D eigenvalue weighted by atomic mass is 9.93. The van der Waals surface area contributed by atoms with E-state index in [1.807, 2.05) is 47.4 Å². The van der Waals surface area contributed by atoms with Crippen molar-refractivity contribution in [2.45, 2.75) is 12.5 Å².